The number of carbonyl (C=O) groups excluding carboxylic acids is 1. The molecule has 0 bridgehead atoms. The fraction of sp³-hybridized carbons (Fsp3) is 0.500. The Kier molecular flexibility index (Phi) is 3.38. The maximum Gasteiger partial charge on any atom is 0.321 e. The van der Waals surface area contributed by atoms with Crippen LogP contribution in [0.4, 0.5) is 14.9 Å². The Bertz CT molecular complexity index is 466. The summed E-state index contributed by atoms with van der Waals surface area (Å²) < 4.78 is 13.1. The minimum Gasteiger partial charge on any atom is -0.323 e. The molecule has 2 unspecified atom stereocenters. The zero-order valence-corrected chi connectivity index (χ0v) is 10.7. The number of carbonyl (C=O) groups is 1. The molecular formula is C14H18FN3O. The number of urea groups is 1. The molecule has 2 aliphatic rings. The Morgan fingerprint density at radius 3 is 3.11 bits per heavy atom. The highest BCUT2D eigenvalue weighted by Gasteiger charge is 2.36. The largest absolute Gasteiger partial charge is 0.323 e. The second-order valence-electron chi connectivity index (χ2n) is 5.31. The zero-order valence-electron chi connectivity index (χ0n) is 10.7. The van der Waals surface area contributed by atoms with E-state index >= 15 is 0 Å². The van der Waals surface area contributed by atoms with Crippen molar-refractivity contribution >= 4 is 11.7 Å². The normalized spacial score (nSPS) is 26.1. The van der Waals surface area contributed by atoms with E-state index in [2.05, 4.69) is 10.6 Å². The first-order chi connectivity index (χ1) is 9.22. The van der Waals surface area contributed by atoms with Crippen LogP contribution in [0.5, 0.6) is 0 Å². The van der Waals surface area contributed by atoms with Crippen LogP contribution in [-0.4, -0.2) is 36.6 Å². The van der Waals surface area contributed by atoms with Crippen molar-refractivity contribution in [3.63, 3.8) is 0 Å². The van der Waals surface area contributed by atoms with Crippen LogP contribution in [0.3, 0.4) is 0 Å². The first-order valence-corrected chi connectivity index (χ1v) is 6.77. The van der Waals surface area contributed by atoms with Crippen LogP contribution in [0.25, 0.3) is 0 Å². The van der Waals surface area contributed by atoms with Crippen molar-refractivity contribution in [1.82, 2.24) is 10.2 Å². The molecule has 2 aliphatic heterocycles. The molecule has 2 fully saturated rings. The molecule has 19 heavy (non-hydrogen) atoms. The Labute approximate surface area is 112 Å². The number of anilines is 1. The molecule has 3 rings (SSSR count). The average Bonchev–Trinajstić information content (AvgIpc) is 2.82. The van der Waals surface area contributed by atoms with Gasteiger partial charge in [0.15, 0.2) is 0 Å². The van der Waals surface area contributed by atoms with E-state index in [4.69, 9.17) is 0 Å². The molecule has 1 aromatic carbocycles. The molecule has 0 aliphatic carbocycles. The van der Waals surface area contributed by atoms with E-state index in [0.29, 0.717) is 17.6 Å². The molecule has 2 saturated heterocycles. The number of fused-ring (bicyclic) bond motifs is 1. The Hall–Kier alpha value is -1.62. The van der Waals surface area contributed by atoms with E-state index in [0.717, 1.165) is 19.6 Å². The van der Waals surface area contributed by atoms with Crippen LogP contribution < -0.4 is 10.6 Å². The van der Waals surface area contributed by atoms with Crippen molar-refractivity contribution < 1.29 is 9.18 Å². The van der Waals surface area contributed by atoms with Crippen molar-refractivity contribution in [2.24, 2.45) is 5.92 Å². The monoisotopic (exact) mass is 263 g/mol. The quantitative estimate of drug-likeness (QED) is 0.814. The summed E-state index contributed by atoms with van der Waals surface area (Å²) in [6.07, 6.45) is 2.36. The van der Waals surface area contributed by atoms with Gasteiger partial charge in [-0.05, 0) is 43.5 Å². The number of nitrogens with zero attached hydrogens (tertiary/aromatic N) is 1. The molecule has 1 aromatic rings. The van der Waals surface area contributed by atoms with Crippen LogP contribution in [0.2, 0.25) is 0 Å². The van der Waals surface area contributed by atoms with Gasteiger partial charge in [-0.15, -0.1) is 0 Å². The predicted octanol–water partition coefficient (Wildman–Crippen LogP) is 2.04. The molecular weight excluding hydrogens is 245 g/mol. The molecule has 5 heteroatoms. The highest BCUT2D eigenvalue weighted by molar-refractivity contribution is 5.89. The summed E-state index contributed by atoms with van der Waals surface area (Å²) in [6.45, 7) is 2.57. The van der Waals surface area contributed by atoms with Gasteiger partial charge < -0.3 is 15.5 Å². The van der Waals surface area contributed by atoms with Gasteiger partial charge in [0, 0.05) is 24.8 Å². The summed E-state index contributed by atoms with van der Waals surface area (Å²) >= 11 is 0. The number of rotatable bonds is 1. The lowest BCUT2D eigenvalue weighted by Gasteiger charge is -2.24. The summed E-state index contributed by atoms with van der Waals surface area (Å²) in [6, 6.07) is 6.27. The highest BCUT2D eigenvalue weighted by atomic mass is 19.1. The molecule has 2 heterocycles. The van der Waals surface area contributed by atoms with E-state index in [9.17, 15) is 9.18 Å². The smallest absolute Gasteiger partial charge is 0.321 e. The zero-order chi connectivity index (χ0) is 13.2. The maximum atomic E-state index is 13.1. The number of amides is 2. The van der Waals surface area contributed by atoms with E-state index in [-0.39, 0.29) is 11.8 Å². The van der Waals surface area contributed by atoms with Crippen molar-refractivity contribution in [3.05, 3.63) is 30.1 Å². The summed E-state index contributed by atoms with van der Waals surface area (Å²) in [5, 5.41) is 6.21. The number of halogens is 1. The van der Waals surface area contributed by atoms with Crippen LogP contribution in [0.1, 0.15) is 12.8 Å². The number of piperidine rings is 1. The Morgan fingerprint density at radius 2 is 2.32 bits per heavy atom. The minimum atomic E-state index is -0.338. The van der Waals surface area contributed by atoms with Crippen molar-refractivity contribution in [1.29, 1.82) is 0 Å². The minimum absolute atomic E-state index is 0.137. The topological polar surface area (TPSA) is 44.4 Å². The lowest BCUT2D eigenvalue weighted by Crippen LogP contribution is -2.41. The third-order valence-electron chi connectivity index (χ3n) is 3.96. The Balaban J connectivity index is 1.62. The molecule has 0 radical (unpaired) electrons. The maximum absolute atomic E-state index is 13.1. The van der Waals surface area contributed by atoms with E-state index < -0.39 is 0 Å². The summed E-state index contributed by atoms with van der Waals surface area (Å²) in [7, 11) is 0. The van der Waals surface area contributed by atoms with Gasteiger partial charge in [0.05, 0.1) is 0 Å². The van der Waals surface area contributed by atoms with Gasteiger partial charge >= 0.3 is 6.03 Å². The summed E-state index contributed by atoms with van der Waals surface area (Å²) in [5.41, 5.74) is 0.507. The molecule has 2 amide bonds. The average molecular weight is 263 g/mol. The number of benzene rings is 1. The molecule has 2 atom stereocenters. The first-order valence-electron chi connectivity index (χ1n) is 6.77. The fourth-order valence-corrected chi connectivity index (χ4v) is 2.98. The second kappa shape index (κ2) is 5.17. The van der Waals surface area contributed by atoms with Gasteiger partial charge in [0.25, 0.3) is 0 Å². The standard InChI is InChI=1S/C14H18FN3O/c15-11-4-1-5-12(7-11)17-14(19)18-8-10-3-2-6-16-13(10)9-18/h1,4-5,7,10,13,16H,2-3,6,8-9H2,(H,17,19). The van der Waals surface area contributed by atoms with E-state index in [1.54, 1.807) is 12.1 Å². The van der Waals surface area contributed by atoms with Crippen LogP contribution in [0, 0.1) is 11.7 Å². The third-order valence-corrected chi connectivity index (χ3v) is 3.96. The van der Waals surface area contributed by atoms with Crippen LogP contribution in [-0.2, 0) is 0 Å². The highest BCUT2D eigenvalue weighted by Crippen LogP contribution is 2.25. The molecule has 0 saturated carbocycles. The van der Waals surface area contributed by atoms with Gasteiger partial charge in [0.1, 0.15) is 5.82 Å². The second-order valence-corrected chi connectivity index (χ2v) is 5.31. The summed E-state index contributed by atoms with van der Waals surface area (Å²) in [4.78, 5) is 14.0. The van der Waals surface area contributed by atoms with Gasteiger partial charge in [-0.3, -0.25) is 0 Å². The first kappa shape index (κ1) is 12.4. The van der Waals surface area contributed by atoms with Crippen LogP contribution in [0.15, 0.2) is 24.3 Å². The molecule has 0 spiro atoms. The van der Waals surface area contributed by atoms with Crippen molar-refractivity contribution in [2.75, 3.05) is 25.0 Å². The van der Waals surface area contributed by atoms with Crippen molar-refractivity contribution in [3.8, 4) is 0 Å². The lowest BCUT2D eigenvalue weighted by molar-refractivity contribution is 0.220. The van der Waals surface area contributed by atoms with Crippen LogP contribution >= 0.6 is 0 Å². The van der Waals surface area contributed by atoms with Gasteiger partial charge in [-0.1, -0.05) is 6.07 Å². The van der Waals surface area contributed by atoms with Gasteiger partial charge in [-0.2, -0.15) is 0 Å². The van der Waals surface area contributed by atoms with E-state index in [1.165, 1.54) is 25.0 Å². The molecule has 2 N–H and O–H groups in total. The lowest BCUT2D eigenvalue weighted by atomic mass is 9.94. The van der Waals surface area contributed by atoms with Gasteiger partial charge in [0.2, 0.25) is 0 Å². The van der Waals surface area contributed by atoms with Gasteiger partial charge in [-0.25, -0.2) is 9.18 Å². The Morgan fingerprint density at radius 1 is 1.42 bits per heavy atom. The fourth-order valence-electron chi connectivity index (χ4n) is 2.98. The number of nitrogens with one attached hydrogen (secondary N) is 2. The van der Waals surface area contributed by atoms with Crippen molar-refractivity contribution in [2.45, 2.75) is 18.9 Å². The number of hydrogen-bond acceptors (Lipinski definition) is 2. The number of hydrogen-bond donors (Lipinski definition) is 2. The SMILES string of the molecule is O=C(Nc1cccc(F)c1)N1CC2CCCNC2C1. The molecule has 102 valence electrons. The molecule has 0 aromatic heterocycles. The summed E-state index contributed by atoms with van der Waals surface area (Å²) in [5.74, 6) is 0.224. The van der Waals surface area contributed by atoms with E-state index in [1.807, 2.05) is 4.90 Å². The third kappa shape index (κ3) is 2.71. The number of likely N-dealkylation sites (tertiary alicyclic amines) is 1. The predicted molar refractivity (Wildman–Crippen MR) is 71.5 cm³/mol. The molecule has 4 nitrogen and oxygen atoms in total.